The van der Waals surface area contributed by atoms with Gasteiger partial charge < -0.3 is 9.26 Å². The molecule has 0 saturated heterocycles. The number of hydrogen-bond acceptors (Lipinski definition) is 6. The molecule has 0 unspecified atom stereocenters. The Morgan fingerprint density at radius 2 is 1.96 bits per heavy atom. The zero-order chi connectivity index (χ0) is 19.3. The van der Waals surface area contributed by atoms with Crippen molar-refractivity contribution in [2.45, 2.75) is 17.8 Å². The van der Waals surface area contributed by atoms with E-state index in [1.54, 1.807) is 18.0 Å². The Bertz CT molecular complexity index is 1060. The molecule has 0 atom stereocenters. The van der Waals surface area contributed by atoms with Crippen LogP contribution in [0.15, 0.2) is 75.1 Å². The summed E-state index contributed by atoms with van der Waals surface area (Å²) in [5.41, 5.74) is 1.86. The maximum absolute atomic E-state index is 5.65. The summed E-state index contributed by atoms with van der Waals surface area (Å²) in [5.74, 6) is 2.33. The van der Waals surface area contributed by atoms with Crippen LogP contribution in [0.4, 0.5) is 0 Å². The van der Waals surface area contributed by atoms with Gasteiger partial charge in [-0.1, -0.05) is 45.0 Å². The average molecular weight is 457 g/mol. The van der Waals surface area contributed by atoms with Crippen molar-refractivity contribution in [1.29, 1.82) is 0 Å². The molecular formula is C20H17BrN4O2S. The number of aromatic nitrogens is 4. The lowest BCUT2D eigenvalue weighted by molar-refractivity contribution is 0.341. The second kappa shape index (κ2) is 8.62. The molecule has 2 heterocycles. The molecule has 0 N–H and O–H groups in total. The van der Waals surface area contributed by atoms with Crippen molar-refractivity contribution in [3.8, 4) is 22.8 Å². The fourth-order valence-electron chi connectivity index (χ4n) is 2.68. The summed E-state index contributed by atoms with van der Waals surface area (Å²) in [6.07, 6.45) is 3.71. The molecular weight excluding hydrogens is 440 g/mol. The first-order valence-corrected chi connectivity index (χ1v) is 10.5. The number of nitrogens with zero attached hydrogens (tertiary/aromatic N) is 4. The SMILES string of the molecule is CCOc1ccccc1-c1noc(CSc2nccn2-c2ccc(Br)cc2)n1. The van der Waals surface area contributed by atoms with Gasteiger partial charge in [-0.3, -0.25) is 4.57 Å². The van der Waals surface area contributed by atoms with Gasteiger partial charge in [-0.25, -0.2) is 4.98 Å². The standard InChI is InChI=1S/C20H17BrN4O2S/c1-2-26-17-6-4-3-5-16(17)19-23-18(27-24-19)13-28-20-22-11-12-25(20)15-9-7-14(21)8-10-15/h3-12H,2,13H2,1H3. The minimum absolute atomic E-state index is 0.524. The number of imidazole rings is 1. The largest absolute Gasteiger partial charge is 0.493 e. The van der Waals surface area contributed by atoms with Crippen molar-refractivity contribution < 1.29 is 9.26 Å². The van der Waals surface area contributed by atoms with Crippen LogP contribution in [0, 0.1) is 0 Å². The normalized spacial score (nSPS) is 10.9. The van der Waals surface area contributed by atoms with Gasteiger partial charge in [0, 0.05) is 22.6 Å². The fourth-order valence-corrected chi connectivity index (χ4v) is 3.75. The molecule has 0 aliphatic rings. The molecule has 6 nitrogen and oxygen atoms in total. The molecule has 4 rings (SSSR count). The van der Waals surface area contributed by atoms with Crippen LogP contribution in [0.25, 0.3) is 17.1 Å². The average Bonchev–Trinajstić information content (AvgIpc) is 3.37. The first kappa shape index (κ1) is 18.8. The summed E-state index contributed by atoms with van der Waals surface area (Å²) >= 11 is 5.00. The van der Waals surface area contributed by atoms with Gasteiger partial charge >= 0.3 is 0 Å². The topological polar surface area (TPSA) is 66.0 Å². The zero-order valence-corrected chi connectivity index (χ0v) is 17.5. The first-order chi connectivity index (χ1) is 13.7. The highest BCUT2D eigenvalue weighted by atomic mass is 79.9. The highest BCUT2D eigenvalue weighted by Crippen LogP contribution is 2.29. The number of ether oxygens (including phenoxy) is 1. The molecule has 142 valence electrons. The van der Waals surface area contributed by atoms with Crippen molar-refractivity contribution in [3.05, 3.63) is 71.3 Å². The smallest absolute Gasteiger partial charge is 0.237 e. The molecule has 28 heavy (non-hydrogen) atoms. The number of halogens is 1. The lowest BCUT2D eigenvalue weighted by Gasteiger charge is -2.06. The monoisotopic (exact) mass is 456 g/mol. The Kier molecular flexibility index (Phi) is 5.78. The van der Waals surface area contributed by atoms with E-state index in [0.717, 1.165) is 26.6 Å². The van der Waals surface area contributed by atoms with Crippen LogP contribution in [0.2, 0.25) is 0 Å². The van der Waals surface area contributed by atoms with E-state index in [-0.39, 0.29) is 0 Å². The third kappa shape index (κ3) is 4.13. The number of rotatable bonds is 7. The first-order valence-electron chi connectivity index (χ1n) is 8.71. The van der Waals surface area contributed by atoms with E-state index in [9.17, 15) is 0 Å². The van der Waals surface area contributed by atoms with E-state index in [1.807, 2.05) is 66.2 Å². The van der Waals surface area contributed by atoms with Crippen LogP contribution >= 0.6 is 27.7 Å². The van der Waals surface area contributed by atoms with E-state index >= 15 is 0 Å². The minimum atomic E-state index is 0.524. The summed E-state index contributed by atoms with van der Waals surface area (Å²) in [5, 5.41) is 4.97. The van der Waals surface area contributed by atoms with Crippen LogP contribution in [0.5, 0.6) is 5.75 Å². The summed E-state index contributed by atoms with van der Waals surface area (Å²) < 4.78 is 14.1. The second-order valence-corrected chi connectivity index (χ2v) is 7.64. The van der Waals surface area contributed by atoms with E-state index in [0.29, 0.717) is 24.1 Å². The van der Waals surface area contributed by atoms with Crippen molar-refractivity contribution >= 4 is 27.7 Å². The summed E-state index contributed by atoms with van der Waals surface area (Å²) in [6, 6.07) is 15.8. The minimum Gasteiger partial charge on any atom is -0.493 e. The fraction of sp³-hybridized carbons (Fsp3) is 0.150. The third-order valence-corrected chi connectivity index (χ3v) is 5.41. The van der Waals surface area contributed by atoms with Crippen LogP contribution in [0.3, 0.4) is 0 Å². The van der Waals surface area contributed by atoms with Gasteiger partial charge in [0.2, 0.25) is 11.7 Å². The highest BCUT2D eigenvalue weighted by molar-refractivity contribution is 9.10. The van der Waals surface area contributed by atoms with Crippen molar-refractivity contribution in [3.63, 3.8) is 0 Å². The lowest BCUT2D eigenvalue weighted by Crippen LogP contribution is -1.95. The summed E-state index contributed by atoms with van der Waals surface area (Å²) in [7, 11) is 0. The van der Waals surface area contributed by atoms with Crippen LogP contribution in [0.1, 0.15) is 12.8 Å². The van der Waals surface area contributed by atoms with Gasteiger partial charge in [0.05, 0.1) is 17.9 Å². The van der Waals surface area contributed by atoms with Crippen molar-refractivity contribution in [1.82, 2.24) is 19.7 Å². The maximum Gasteiger partial charge on any atom is 0.237 e. The molecule has 0 aliphatic carbocycles. The Balaban J connectivity index is 1.49. The Morgan fingerprint density at radius 1 is 1.14 bits per heavy atom. The number of benzene rings is 2. The molecule has 0 radical (unpaired) electrons. The molecule has 0 aliphatic heterocycles. The van der Waals surface area contributed by atoms with Crippen molar-refractivity contribution in [2.24, 2.45) is 0 Å². The van der Waals surface area contributed by atoms with Crippen LogP contribution in [-0.2, 0) is 5.75 Å². The molecule has 2 aromatic heterocycles. The lowest BCUT2D eigenvalue weighted by atomic mass is 10.2. The number of para-hydroxylation sites is 1. The van der Waals surface area contributed by atoms with Gasteiger partial charge in [-0.05, 0) is 43.3 Å². The highest BCUT2D eigenvalue weighted by Gasteiger charge is 2.14. The molecule has 0 bridgehead atoms. The Morgan fingerprint density at radius 3 is 2.79 bits per heavy atom. The summed E-state index contributed by atoms with van der Waals surface area (Å²) in [6.45, 7) is 2.53. The predicted molar refractivity (Wildman–Crippen MR) is 112 cm³/mol. The second-order valence-electron chi connectivity index (χ2n) is 5.79. The molecule has 4 aromatic rings. The quantitative estimate of drug-likeness (QED) is 0.348. The molecule has 8 heteroatoms. The van der Waals surface area contributed by atoms with E-state index in [4.69, 9.17) is 9.26 Å². The van der Waals surface area contributed by atoms with E-state index < -0.39 is 0 Å². The van der Waals surface area contributed by atoms with Gasteiger partial charge in [-0.15, -0.1) is 0 Å². The third-order valence-electron chi connectivity index (χ3n) is 3.93. The number of thioether (sulfide) groups is 1. The van der Waals surface area contributed by atoms with E-state index in [2.05, 4.69) is 31.1 Å². The molecule has 0 spiro atoms. The Labute approximate surface area is 175 Å². The van der Waals surface area contributed by atoms with Crippen molar-refractivity contribution in [2.75, 3.05) is 6.61 Å². The molecule has 0 amide bonds. The molecule has 0 saturated carbocycles. The Hall–Kier alpha value is -2.58. The summed E-state index contributed by atoms with van der Waals surface area (Å²) in [4.78, 5) is 8.95. The zero-order valence-electron chi connectivity index (χ0n) is 15.1. The van der Waals surface area contributed by atoms with Gasteiger partial charge in [0.25, 0.3) is 0 Å². The van der Waals surface area contributed by atoms with Gasteiger partial charge in [-0.2, -0.15) is 4.98 Å². The maximum atomic E-state index is 5.65. The number of hydrogen-bond donors (Lipinski definition) is 0. The molecule has 2 aromatic carbocycles. The predicted octanol–water partition coefficient (Wildman–Crippen LogP) is 5.38. The van der Waals surface area contributed by atoms with Crippen LogP contribution < -0.4 is 4.74 Å². The molecule has 0 fully saturated rings. The van der Waals surface area contributed by atoms with Gasteiger partial charge in [0.1, 0.15) is 5.75 Å². The van der Waals surface area contributed by atoms with Gasteiger partial charge in [0.15, 0.2) is 5.16 Å². The van der Waals surface area contributed by atoms with E-state index in [1.165, 1.54) is 0 Å². The van der Waals surface area contributed by atoms with Crippen LogP contribution in [-0.4, -0.2) is 26.3 Å².